The fourth-order valence-corrected chi connectivity index (χ4v) is 3.85. The number of methoxy groups -OCH3 is 1. The minimum absolute atomic E-state index is 0.256. The Morgan fingerprint density at radius 2 is 1.61 bits per heavy atom. The minimum atomic E-state index is -0.666. The first kappa shape index (κ1) is 20.6. The molecule has 0 spiro atoms. The van der Waals surface area contributed by atoms with E-state index in [1.807, 2.05) is 72.1 Å². The largest absolute Gasteiger partial charge is 0.496 e. The van der Waals surface area contributed by atoms with E-state index in [4.69, 9.17) is 9.47 Å². The maximum absolute atomic E-state index is 12.6. The van der Waals surface area contributed by atoms with Gasteiger partial charge in [-0.05, 0) is 42.3 Å². The molecule has 0 aliphatic rings. The maximum atomic E-state index is 12.6. The molecule has 3 aromatic carbocycles. The van der Waals surface area contributed by atoms with Gasteiger partial charge in [0.2, 0.25) is 0 Å². The highest BCUT2D eigenvalue weighted by Gasteiger charge is 2.17. The molecular weight excluding hydrogens is 408 g/mol. The Labute approximate surface area is 185 Å². The van der Waals surface area contributed by atoms with Gasteiger partial charge in [0.05, 0.1) is 12.8 Å². The molecule has 6 heteroatoms. The number of amides is 1. The van der Waals surface area contributed by atoms with E-state index >= 15 is 0 Å². The van der Waals surface area contributed by atoms with E-state index in [-0.39, 0.29) is 5.91 Å². The van der Waals surface area contributed by atoms with E-state index in [1.54, 1.807) is 14.0 Å². The molecule has 1 amide bonds. The van der Waals surface area contributed by atoms with Gasteiger partial charge in [-0.15, -0.1) is 11.3 Å². The third kappa shape index (κ3) is 4.92. The van der Waals surface area contributed by atoms with Gasteiger partial charge in [0.1, 0.15) is 11.5 Å². The number of benzene rings is 3. The van der Waals surface area contributed by atoms with Gasteiger partial charge in [0.25, 0.3) is 5.91 Å². The second-order valence-corrected chi connectivity index (χ2v) is 7.74. The Morgan fingerprint density at radius 3 is 2.35 bits per heavy atom. The third-order valence-electron chi connectivity index (χ3n) is 4.76. The highest BCUT2D eigenvalue weighted by atomic mass is 32.1. The predicted octanol–water partition coefficient (Wildman–Crippen LogP) is 5.89. The Bertz CT molecular complexity index is 1160. The van der Waals surface area contributed by atoms with Crippen molar-refractivity contribution in [2.45, 2.75) is 13.0 Å². The second kappa shape index (κ2) is 9.45. The van der Waals surface area contributed by atoms with E-state index in [1.165, 1.54) is 11.3 Å². The van der Waals surface area contributed by atoms with Crippen LogP contribution < -0.4 is 14.8 Å². The second-order valence-electron chi connectivity index (χ2n) is 6.88. The summed E-state index contributed by atoms with van der Waals surface area (Å²) in [6.45, 7) is 1.72. The number of rotatable bonds is 7. The van der Waals surface area contributed by atoms with Crippen molar-refractivity contribution < 1.29 is 14.3 Å². The fraction of sp³-hybridized carbons (Fsp3) is 0.120. The molecule has 156 valence electrons. The average molecular weight is 431 g/mol. The first-order valence-corrected chi connectivity index (χ1v) is 10.7. The molecule has 1 atom stereocenters. The zero-order chi connectivity index (χ0) is 21.6. The molecule has 4 rings (SSSR count). The van der Waals surface area contributed by atoms with Crippen LogP contribution in [0.5, 0.6) is 11.5 Å². The summed E-state index contributed by atoms with van der Waals surface area (Å²) in [6, 6.07) is 25.5. The number of hydrogen-bond acceptors (Lipinski definition) is 5. The molecule has 4 aromatic rings. The van der Waals surface area contributed by atoms with Crippen LogP contribution in [0, 0.1) is 0 Å². The van der Waals surface area contributed by atoms with Crippen molar-refractivity contribution in [3.8, 4) is 33.9 Å². The molecule has 1 unspecified atom stereocenters. The van der Waals surface area contributed by atoms with Crippen LogP contribution in [-0.4, -0.2) is 24.1 Å². The average Bonchev–Trinajstić information content (AvgIpc) is 3.28. The topological polar surface area (TPSA) is 60.5 Å². The minimum Gasteiger partial charge on any atom is -0.496 e. The summed E-state index contributed by atoms with van der Waals surface area (Å²) in [7, 11) is 1.62. The zero-order valence-corrected chi connectivity index (χ0v) is 18.1. The van der Waals surface area contributed by atoms with Crippen LogP contribution in [0.25, 0.3) is 22.4 Å². The van der Waals surface area contributed by atoms with Crippen LogP contribution in [0.4, 0.5) is 5.13 Å². The van der Waals surface area contributed by atoms with Crippen molar-refractivity contribution in [1.82, 2.24) is 4.98 Å². The Balaban J connectivity index is 1.38. The Kier molecular flexibility index (Phi) is 6.29. The number of anilines is 1. The molecule has 0 radical (unpaired) electrons. The van der Waals surface area contributed by atoms with Crippen molar-refractivity contribution in [1.29, 1.82) is 0 Å². The molecule has 0 aliphatic heterocycles. The maximum Gasteiger partial charge on any atom is 0.266 e. The van der Waals surface area contributed by atoms with E-state index in [2.05, 4.69) is 22.4 Å². The van der Waals surface area contributed by atoms with Crippen LogP contribution in [0.15, 0.2) is 84.2 Å². The molecule has 1 aromatic heterocycles. The van der Waals surface area contributed by atoms with Crippen molar-refractivity contribution in [2.24, 2.45) is 0 Å². The number of para-hydroxylation sites is 1. The van der Waals surface area contributed by atoms with Crippen molar-refractivity contribution in [3.63, 3.8) is 0 Å². The normalized spacial score (nSPS) is 11.5. The molecule has 31 heavy (non-hydrogen) atoms. The van der Waals surface area contributed by atoms with Crippen LogP contribution in [0.1, 0.15) is 6.92 Å². The molecule has 0 saturated carbocycles. The summed E-state index contributed by atoms with van der Waals surface area (Å²) in [5.41, 5.74) is 3.86. The molecule has 0 fully saturated rings. The monoisotopic (exact) mass is 430 g/mol. The van der Waals surface area contributed by atoms with Gasteiger partial charge in [-0.3, -0.25) is 10.1 Å². The molecular formula is C25H22N2O3S. The fourth-order valence-electron chi connectivity index (χ4n) is 3.13. The molecule has 0 bridgehead atoms. The van der Waals surface area contributed by atoms with Gasteiger partial charge in [0, 0.05) is 10.9 Å². The number of nitrogens with one attached hydrogen (secondary N) is 1. The summed E-state index contributed by atoms with van der Waals surface area (Å²) in [5, 5.41) is 5.23. The highest BCUT2D eigenvalue weighted by molar-refractivity contribution is 7.14. The number of hydrogen-bond donors (Lipinski definition) is 1. The first-order chi connectivity index (χ1) is 15.1. The van der Waals surface area contributed by atoms with Gasteiger partial charge in [-0.2, -0.15) is 0 Å². The number of carbonyl (C=O) groups excluding carboxylic acids is 1. The van der Waals surface area contributed by atoms with Crippen LogP contribution in [0.3, 0.4) is 0 Å². The number of carbonyl (C=O) groups is 1. The lowest BCUT2D eigenvalue weighted by Gasteiger charge is -2.14. The number of ether oxygens (including phenoxy) is 2. The third-order valence-corrected chi connectivity index (χ3v) is 5.52. The van der Waals surface area contributed by atoms with Gasteiger partial charge < -0.3 is 9.47 Å². The summed E-state index contributed by atoms with van der Waals surface area (Å²) < 4.78 is 11.2. The molecule has 1 N–H and O–H groups in total. The van der Waals surface area contributed by atoms with Gasteiger partial charge in [0.15, 0.2) is 11.2 Å². The lowest BCUT2D eigenvalue weighted by Crippen LogP contribution is -2.30. The van der Waals surface area contributed by atoms with Gasteiger partial charge >= 0.3 is 0 Å². The summed E-state index contributed by atoms with van der Waals surface area (Å²) >= 11 is 1.36. The lowest BCUT2D eigenvalue weighted by molar-refractivity contribution is -0.122. The SMILES string of the molecule is COc1ccccc1-c1csc(NC(=O)C(C)Oc2ccc(-c3ccccc3)cc2)n1. The molecule has 0 saturated heterocycles. The van der Waals surface area contributed by atoms with E-state index < -0.39 is 6.10 Å². The predicted molar refractivity (Wildman–Crippen MR) is 125 cm³/mol. The first-order valence-electron chi connectivity index (χ1n) is 9.86. The number of thiazole rings is 1. The number of aromatic nitrogens is 1. The van der Waals surface area contributed by atoms with Crippen molar-refractivity contribution in [3.05, 3.63) is 84.2 Å². The van der Waals surface area contributed by atoms with Crippen LogP contribution >= 0.6 is 11.3 Å². The highest BCUT2D eigenvalue weighted by Crippen LogP contribution is 2.32. The molecule has 5 nitrogen and oxygen atoms in total. The van der Waals surface area contributed by atoms with Gasteiger partial charge in [-0.1, -0.05) is 54.6 Å². The Hall–Kier alpha value is -3.64. The molecule has 0 aliphatic carbocycles. The summed E-state index contributed by atoms with van der Waals surface area (Å²) in [6.07, 6.45) is -0.666. The van der Waals surface area contributed by atoms with Crippen LogP contribution in [-0.2, 0) is 4.79 Å². The van der Waals surface area contributed by atoms with Crippen molar-refractivity contribution >= 4 is 22.4 Å². The van der Waals surface area contributed by atoms with E-state index in [0.29, 0.717) is 10.9 Å². The van der Waals surface area contributed by atoms with Crippen molar-refractivity contribution in [2.75, 3.05) is 12.4 Å². The van der Waals surface area contributed by atoms with Crippen LogP contribution in [0.2, 0.25) is 0 Å². The standard InChI is InChI=1S/C25H22N2O3S/c1-17(30-20-14-12-19(13-15-20)18-8-4-3-5-9-18)24(28)27-25-26-22(16-31-25)21-10-6-7-11-23(21)29-2/h3-17H,1-2H3,(H,26,27,28). The van der Waals surface area contributed by atoms with Gasteiger partial charge in [-0.25, -0.2) is 4.98 Å². The van der Waals surface area contributed by atoms with E-state index in [9.17, 15) is 4.79 Å². The summed E-state index contributed by atoms with van der Waals surface area (Å²) in [4.78, 5) is 17.1. The number of nitrogens with zero attached hydrogens (tertiary/aromatic N) is 1. The smallest absolute Gasteiger partial charge is 0.266 e. The van der Waals surface area contributed by atoms with E-state index in [0.717, 1.165) is 28.1 Å². The lowest BCUT2D eigenvalue weighted by atomic mass is 10.1. The summed E-state index contributed by atoms with van der Waals surface area (Å²) in [5.74, 6) is 1.12. The quantitative estimate of drug-likeness (QED) is 0.397. The Morgan fingerprint density at radius 1 is 0.935 bits per heavy atom. The molecule has 1 heterocycles. The zero-order valence-electron chi connectivity index (χ0n) is 17.2.